The van der Waals surface area contributed by atoms with Gasteiger partial charge in [-0.25, -0.2) is 0 Å². The zero-order valence-electron chi connectivity index (χ0n) is 29.6. The summed E-state index contributed by atoms with van der Waals surface area (Å²) in [4.78, 5) is 22.9. The van der Waals surface area contributed by atoms with Gasteiger partial charge >= 0.3 is 81.8 Å². The lowest BCUT2D eigenvalue weighted by Crippen LogP contribution is -2.73. The minimum absolute atomic E-state index is 0.0936. The van der Waals surface area contributed by atoms with Crippen LogP contribution in [0.5, 0.6) is 0 Å². The van der Waals surface area contributed by atoms with Crippen molar-refractivity contribution in [1.82, 2.24) is 10.6 Å². The van der Waals surface area contributed by atoms with Crippen LogP contribution in [-0.4, -0.2) is 107 Å². The first kappa shape index (κ1) is 59.6. The average molecular weight is 1030 g/mol. The molecule has 0 saturated heterocycles. The molecule has 2 amide bonds. The largest absolute Gasteiger partial charge is 0.393 e. The van der Waals surface area contributed by atoms with Crippen LogP contribution in [0.25, 0.3) is 0 Å². The van der Waals surface area contributed by atoms with Crippen LogP contribution in [0, 0.1) is 0 Å². The number of rotatable bonds is 27. The molecule has 2 N–H and O–H groups in total. The smallest absolute Gasteiger partial charge is 0.351 e. The molecule has 0 saturated carbocycles. The van der Waals surface area contributed by atoms with Crippen molar-refractivity contribution in [2.24, 2.45) is 0 Å². The molecule has 0 fully saturated rings. The van der Waals surface area contributed by atoms with E-state index in [1.165, 1.54) is 0 Å². The van der Waals surface area contributed by atoms with E-state index in [2.05, 4.69) is 23.2 Å². The first-order valence-corrected chi connectivity index (χ1v) is 17.0. The van der Waals surface area contributed by atoms with Crippen LogP contribution in [0.1, 0.15) is 64.2 Å². The molecule has 62 heavy (non-hydrogen) atoms. The first-order chi connectivity index (χ1) is 27.0. The summed E-state index contributed by atoms with van der Waals surface area (Å²) < 4.78 is 377. The molecule has 0 heterocycles. The van der Waals surface area contributed by atoms with Crippen molar-refractivity contribution >= 4 is 35.0 Å². The van der Waals surface area contributed by atoms with Gasteiger partial charge in [-0.2, -0.15) is 123 Å². The van der Waals surface area contributed by atoms with Crippen LogP contribution in [-0.2, 0) is 9.59 Å². The SMILES string of the molecule is O=C(NCCCCCCCCCCCCNC(=O)C(F)(F)C(F)(F)C(F)(F)C(F)(F)C(F)(F)C(F)(F)C(F)(F)Cl)C(F)(F)C(F)(F)C(F)(F)C(F)(F)C(F)(F)C(F)(F)C(F)(F)Cl. The first-order valence-electron chi connectivity index (χ1n) is 16.3. The second-order valence-corrected chi connectivity index (χ2v) is 13.9. The highest BCUT2D eigenvalue weighted by atomic mass is 35.5. The Kier molecular flexibility index (Phi) is 18.1. The topological polar surface area (TPSA) is 58.2 Å². The fourth-order valence-corrected chi connectivity index (χ4v) is 4.75. The van der Waals surface area contributed by atoms with Crippen LogP contribution in [0.2, 0.25) is 0 Å². The molecular weight excluding hydrogens is 999 g/mol. The van der Waals surface area contributed by atoms with E-state index >= 15 is 0 Å². The summed E-state index contributed by atoms with van der Waals surface area (Å²) in [6, 6.07) is 0. The zero-order chi connectivity index (χ0) is 50.1. The zero-order valence-corrected chi connectivity index (χ0v) is 31.2. The van der Waals surface area contributed by atoms with Gasteiger partial charge in [-0.05, 0) is 36.0 Å². The predicted molar refractivity (Wildman–Crippen MR) is 153 cm³/mol. The summed E-state index contributed by atoms with van der Waals surface area (Å²) in [6.45, 7) is -2.25. The van der Waals surface area contributed by atoms with Crippen molar-refractivity contribution < 1.29 is 133 Å². The number of alkyl halides is 30. The van der Waals surface area contributed by atoms with E-state index in [0.29, 0.717) is 0 Å². The van der Waals surface area contributed by atoms with Gasteiger partial charge in [0, 0.05) is 13.1 Å². The van der Waals surface area contributed by atoms with E-state index in [4.69, 9.17) is 0 Å². The number of halogens is 30. The fourth-order valence-electron chi connectivity index (χ4n) is 4.51. The number of amides is 2. The van der Waals surface area contributed by atoms with Gasteiger partial charge in [0.05, 0.1) is 0 Å². The molecule has 0 aliphatic rings. The molecule has 0 aromatic carbocycles. The molecule has 0 aromatic heterocycles. The Morgan fingerprint density at radius 2 is 0.435 bits per heavy atom. The lowest BCUT2D eigenvalue weighted by molar-refractivity contribution is -0.431. The lowest BCUT2D eigenvalue weighted by atomic mass is 9.91. The summed E-state index contributed by atoms with van der Waals surface area (Å²) in [5, 5.41) is -11.9. The maximum Gasteiger partial charge on any atom is 0.393 e. The molecular formula is C28H26Cl2F28N2O2. The van der Waals surface area contributed by atoms with Crippen LogP contribution >= 0.6 is 23.2 Å². The minimum atomic E-state index is -8.42. The molecule has 0 unspecified atom stereocenters. The highest BCUT2D eigenvalue weighted by Crippen LogP contribution is 2.64. The third-order valence-electron chi connectivity index (χ3n) is 8.40. The molecule has 34 heteroatoms. The molecule has 0 spiro atoms. The van der Waals surface area contributed by atoms with Crippen LogP contribution in [0.15, 0.2) is 0 Å². The van der Waals surface area contributed by atoms with Crippen LogP contribution < -0.4 is 10.6 Å². The van der Waals surface area contributed by atoms with Gasteiger partial charge in [0.15, 0.2) is 0 Å². The highest BCUT2D eigenvalue weighted by molar-refractivity contribution is 6.22. The molecule has 0 atom stereocenters. The van der Waals surface area contributed by atoms with Crippen LogP contribution in [0.4, 0.5) is 123 Å². The Morgan fingerprint density at radius 1 is 0.274 bits per heavy atom. The quantitative estimate of drug-likeness (QED) is 0.0489. The Bertz CT molecular complexity index is 1400. The summed E-state index contributed by atoms with van der Waals surface area (Å²) in [6.07, 6.45) is -0.0250. The number of unbranched alkanes of at least 4 members (excludes halogenated alkanes) is 9. The lowest BCUT2D eigenvalue weighted by Gasteiger charge is -2.41. The van der Waals surface area contributed by atoms with Crippen molar-refractivity contribution in [3.8, 4) is 0 Å². The fraction of sp³-hybridized carbons (Fsp3) is 0.929. The van der Waals surface area contributed by atoms with Gasteiger partial charge in [-0.15, -0.1) is 0 Å². The third-order valence-corrected chi connectivity index (χ3v) is 8.88. The Morgan fingerprint density at radius 3 is 0.629 bits per heavy atom. The van der Waals surface area contributed by atoms with Gasteiger partial charge in [0.25, 0.3) is 11.8 Å². The summed E-state index contributed by atoms with van der Waals surface area (Å²) in [5.74, 6) is -103. The minimum Gasteiger partial charge on any atom is -0.351 e. The molecule has 0 radical (unpaired) electrons. The van der Waals surface area contributed by atoms with Crippen molar-refractivity contribution in [3.63, 3.8) is 0 Å². The van der Waals surface area contributed by atoms with Gasteiger partial charge in [-0.3, -0.25) is 9.59 Å². The Hall–Kier alpha value is -2.44. The third kappa shape index (κ3) is 10.2. The van der Waals surface area contributed by atoms with E-state index < -0.39 is 120 Å². The summed E-state index contributed by atoms with van der Waals surface area (Å²) in [5.41, 5.74) is 0. The Balaban J connectivity index is 4.92. The van der Waals surface area contributed by atoms with E-state index in [1.807, 2.05) is 0 Å². The van der Waals surface area contributed by atoms with E-state index in [0.717, 1.165) is 10.6 Å². The summed E-state index contributed by atoms with van der Waals surface area (Å²) >= 11 is 6.96. The monoisotopic (exact) mass is 1020 g/mol. The molecule has 0 aliphatic heterocycles. The van der Waals surface area contributed by atoms with Gasteiger partial charge in [0.1, 0.15) is 0 Å². The maximum atomic E-state index is 13.9. The van der Waals surface area contributed by atoms with Gasteiger partial charge in [-0.1, -0.05) is 51.4 Å². The van der Waals surface area contributed by atoms with Gasteiger partial charge < -0.3 is 10.6 Å². The normalized spacial score (nSPS) is 15.5. The maximum absolute atomic E-state index is 13.9. The van der Waals surface area contributed by atoms with Gasteiger partial charge in [0.2, 0.25) is 0 Å². The van der Waals surface area contributed by atoms with E-state index in [-0.39, 0.29) is 51.4 Å². The second kappa shape index (κ2) is 18.8. The predicted octanol–water partition coefficient (Wildman–Crippen LogP) is 12.4. The van der Waals surface area contributed by atoms with Crippen molar-refractivity contribution in [2.45, 2.75) is 146 Å². The number of carbonyl (C=O) groups is 2. The van der Waals surface area contributed by atoms with Crippen molar-refractivity contribution in [1.29, 1.82) is 0 Å². The average Bonchev–Trinajstić information content (AvgIpc) is 3.09. The molecule has 370 valence electrons. The van der Waals surface area contributed by atoms with E-state index in [1.54, 1.807) is 0 Å². The number of hydrogen-bond donors (Lipinski definition) is 2. The molecule has 4 nitrogen and oxygen atoms in total. The van der Waals surface area contributed by atoms with Crippen molar-refractivity contribution in [3.05, 3.63) is 0 Å². The molecule has 0 rings (SSSR count). The molecule has 0 bridgehead atoms. The van der Waals surface area contributed by atoms with E-state index in [9.17, 15) is 133 Å². The highest BCUT2D eigenvalue weighted by Gasteiger charge is 2.95. The number of nitrogens with one attached hydrogen (secondary N) is 2. The second-order valence-electron chi connectivity index (χ2n) is 12.9. The number of carbonyl (C=O) groups excluding carboxylic acids is 2. The Labute approximate surface area is 337 Å². The van der Waals surface area contributed by atoms with Crippen molar-refractivity contribution in [2.75, 3.05) is 13.1 Å². The molecule has 0 aliphatic carbocycles. The van der Waals surface area contributed by atoms with Crippen LogP contribution in [0.3, 0.4) is 0 Å². The summed E-state index contributed by atoms with van der Waals surface area (Å²) in [7, 11) is 0. The standard InChI is InChI=1S/C28H26Cl2F28N2O2/c29-27(55,56)25(51,52)23(47,48)21(43,44)19(39,40)17(35,36)15(31,32)13(61)59-11-9-7-5-3-1-2-4-6-8-10-12-60-14(62)16(33,34)18(37,38)20(41,42)22(45,46)24(49,50)26(53,54)28(30,57)58/h1-12H2,(H,59,61)(H,60,62). The number of hydrogen-bond acceptors (Lipinski definition) is 2. The molecule has 0 aromatic rings.